The van der Waals surface area contributed by atoms with Gasteiger partial charge in [0.15, 0.2) is 0 Å². The summed E-state index contributed by atoms with van der Waals surface area (Å²) in [5, 5.41) is 0. The molecular weight excluding hydrogens is 239 g/mol. The van der Waals surface area contributed by atoms with Crippen LogP contribution in [-0.4, -0.2) is 24.5 Å². The minimum atomic E-state index is -0.112. The normalized spacial score (nSPS) is 24.9. The third-order valence-electron chi connectivity index (χ3n) is 4.73. The van der Waals surface area contributed by atoms with Crippen LogP contribution < -0.4 is 5.73 Å². The number of hydrogen-bond acceptors (Lipinski definition) is 2. The number of nitrogens with two attached hydrogens (primary N) is 1. The van der Waals surface area contributed by atoms with Gasteiger partial charge in [-0.15, -0.1) is 0 Å². The van der Waals surface area contributed by atoms with Crippen molar-refractivity contribution in [1.29, 1.82) is 0 Å². The molecule has 2 nitrogen and oxygen atoms in total. The fourth-order valence-corrected chi connectivity index (χ4v) is 3.22. The highest BCUT2D eigenvalue weighted by molar-refractivity contribution is 5.25. The number of nitrogens with zero attached hydrogens (tertiary/aromatic N) is 1. The number of hydrogen-bond donors (Lipinski definition) is 1. The Labute approximate surface area is 115 Å². The monoisotopic (exact) mass is 264 g/mol. The molecule has 0 saturated heterocycles. The van der Waals surface area contributed by atoms with E-state index in [1.54, 1.807) is 13.0 Å². The Bertz CT molecular complexity index is 433. The van der Waals surface area contributed by atoms with E-state index in [1.165, 1.54) is 19.3 Å². The molecule has 2 N–H and O–H groups in total. The second-order valence-corrected chi connectivity index (χ2v) is 5.84. The van der Waals surface area contributed by atoms with E-state index in [1.807, 2.05) is 12.1 Å². The van der Waals surface area contributed by atoms with Crippen LogP contribution in [-0.2, 0) is 0 Å². The van der Waals surface area contributed by atoms with Gasteiger partial charge in [0.05, 0.1) is 0 Å². The van der Waals surface area contributed by atoms with Gasteiger partial charge in [-0.2, -0.15) is 0 Å². The molecule has 0 spiro atoms. The van der Waals surface area contributed by atoms with Gasteiger partial charge in [-0.3, -0.25) is 4.90 Å². The Morgan fingerprint density at radius 2 is 2.16 bits per heavy atom. The summed E-state index contributed by atoms with van der Waals surface area (Å²) in [6, 6.07) is 6.33. The van der Waals surface area contributed by atoms with Crippen molar-refractivity contribution in [3.63, 3.8) is 0 Å². The molecule has 0 amide bonds. The average Bonchev–Trinajstić information content (AvgIpc) is 2.88. The molecule has 1 fully saturated rings. The predicted octanol–water partition coefficient (Wildman–Crippen LogP) is 3.25. The lowest BCUT2D eigenvalue weighted by Gasteiger charge is -2.34. The van der Waals surface area contributed by atoms with E-state index in [4.69, 9.17) is 5.73 Å². The standard InChI is InChI=1S/C16H25FN2/c1-11-7-8-13(9-15(11)17)12(2)19(3)16-6-4-5-14(16)10-18/h7-9,12,14,16H,4-6,10,18H2,1-3H3. The highest BCUT2D eigenvalue weighted by Crippen LogP contribution is 2.33. The van der Waals surface area contributed by atoms with Crippen molar-refractivity contribution in [2.24, 2.45) is 11.7 Å². The lowest BCUT2D eigenvalue weighted by molar-refractivity contribution is 0.152. The number of rotatable bonds is 4. The first-order valence-corrected chi connectivity index (χ1v) is 7.22. The van der Waals surface area contributed by atoms with Crippen LogP contribution >= 0.6 is 0 Å². The summed E-state index contributed by atoms with van der Waals surface area (Å²) in [5.74, 6) is 0.474. The second kappa shape index (κ2) is 6.02. The lowest BCUT2D eigenvalue weighted by Crippen LogP contribution is -2.39. The van der Waals surface area contributed by atoms with Gasteiger partial charge in [-0.1, -0.05) is 18.6 Å². The van der Waals surface area contributed by atoms with Crippen LogP contribution in [0.3, 0.4) is 0 Å². The van der Waals surface area contributed by atoms with Gasteiger partial charge in [-0.25, -0.2) is 4.39 Å². The van der Waals surface area contributed by atoms with Gasteiger partial charge in [0.2, 0.25) is 0 Å². The summed E-state index contributed by atoms with van der Waals surface area (Å²) < 4.78 is 13.7. The molecule has 2 rings (SSSR count). The van der Waals surface area contributed by atoms with E-state index in [0.29, 0.717) is 17.5 Å². The van der Waals surface area contributed by atoms with Crippen LogP contribution in [0.2, 0.25) is 0 Å². The van der Waals surface area contributed by atoms with Gasteiger partial charge in [0.25, 0.3) is 0 Å². The van der Waals surface area contributed by atoms with Crippen LogP contribution in [0.15, 0.2) is 18.2 Å². The topological polar surface area (TPSA) is 29.3 Å². The molecule has 0 radical (unpaired) electrons. The molecule has 1 aliphatic rings. The van der Waals surface area contributed by atoms with Crippen LogP contribution in [0.4, 0.5) is 4.39 Å². The minimum Gasteiger partial charge on any atom is -0.330 e. The summed E-state index contributed by atoms with van der Waals surface area (Å²) in [6.07, 6.45) is 3.68. The summed E-state index contributed by atoms with van der Waals surface area (Å²) in [7, 11) is 2.14. The summed E-state index contributed by atoms with van der Waals surface area (Å²) >= 11 is 0. The molecule has 3 heteroatoms. The maximum Gasteiger partial charge on any atom is 0.126 e. The highest BCUT2D eigenvalue weighted by Gasteiger charge is 2.31. The maximum absolute atomic E-state index is 13.7. The van der Waals surface area contributed by atoms with E-state index in [-0.39, 0.29) is 11.9 Å². The molecule has 1 saturated carbocycles. The summed E-state index contributed by atoms with van der Waals surface area (Å²) in [5.41, 5.74) is 7.62. The Hall–Kier alpha value is -0.930. The zero-order valence-electron chi connectivity index (χ0n) is 12.2. The van der Waals surface area contributed by atoms with Crippen molar-refractivity contribution in [3.8, 4) is 0 Å². The fraction of sp³-hybridized carbons (Fsp3) is 0.625. The summed E-state index contributed by atoms with van der Waals surface area (Å²) in [6.45, 7) is 4.70. The first kappa shape index (κ1) is 14.5. The number of halogens is 1. The van der Waals surface area contributed by atoms with Gasteiger partial charge in [-0.05, 0) is 63.4 Å². The van der Waals surface area contributed by atoms with Gasteiger partial charge >= 0.3 is 0 Å². The van der Waals surface area contributed by atoms with Crippen molar-refractivity contribution >= 4 is 0 Å². The summed E-state index contributed by atoms with van der Waals surface area (Å²) in [4.78, 5) is 2.37. The van der Waals surface area contributed by atoms with Gasteiger partial charge in [0, 0.05) is 12.1 Å². The zero-order chi connectivity index (χ0) is 14.0. The molecule has 1 aromatic rings. The first-order valence-electron chi connectivity index (χ1n) is 7.22. The van der Waals surface area contributed by atoms with Crippen molar-refractivity contribution in [2.45, 2.75) is 45.2 Å². The van der Waals surface area contributed by atoms with Crippen molar-refractivity contribution < 1.29 is 4.39 Å². The molecule has 0 bridgehead atoms. The SMILES string of the molecule is Cc1ccc(C(C)N(C)C2CCCC2CN)cc1F. The molecule has 3 atom stereocenters. The molecule has 1 aliphatic carbocycles. The predicted molar refractivity (Wildman–Crippen MR) is 77.5 cm³/mol. The minimum absolute atomic E-state index is 0.112. The van der Waals surface area contributed by atoms with Crippen LogP contribution in [0.1, 0.15) is 43.4 Å². The van der Waals surface area contributed by atoms with E-state index in [2.05, 4.69) is 18.9 Å². The molecule has 106 valence electrons. The van der Waals surface area contributed by atoms with E-state index in [9.17, 15) is 4.39 Å². The Kier molecular flexibility index (Phi) is 4.58. The van der Waals surface area contributed by atoms with E-state index in [0.717, 1.165) is 12.1 Å². The largest absolute Gasteiger partial charge is 0.330 e. The molecular formula is C16H25FN2. The highest BCUT2D eigenvalue weighted by atomic mass is 19.1. The third-order valence-corrected chi connectivity index (χ3v) is 4.73. The van der Waals surface area contributed by atoms with Crippen molar-refractivity contribution in [1.82, 2.24) is 4.90 Å². The first-order chi connectivity index (χ1) is 9.04. The maximum atomic E-state index is 13.7. The smallest absolute Gasteiger partial charge is 0.126 e. The molecule has 19 heavy (non-hydrogen) atoms. The van der Waals surface area contributed by atoms with Crippen LogP contribution in [0.5, 0.6) is 0 Å². The van der Waals surface area contributed by atoms with E-state index < -0.39 is 0 Å². The number of aryl methyl sites for hydroxylation is 1. The van der Waals surface area contributed by atoms with Crippen molar-refractivity contribution in [2.75, 3.05) is 13.6 Å². The lowest BCUT2D eigenvalue weighted by atomic mass is 9.98. The number of benzene rings is 1. The van der Waals surface area contributed by atoms with Gasteiger partial charge in [0.1, 0.15) is 5.82 Å². The Morgan fingerprint density at radius 3 is 2.79 bits per heavy atom. The molecule has 0 aliphatic heterocycles. The van der Waals surface area contributed by atoms with Crippen molar-refractivity contribution in [3.05, 3.63) is 35.1 Å². The van der Waals surface area contributed by atoms with Crippen LogP contribution in [0, 0.1) is 18.7 Å². The molecule has 0 heterocycles. The Morgan fingerprint density at radius 1 is 1.42 bits per heavy atom. The van der Waals surface area contributed by atoms with Gasteiger partial charge < -0.3 is 5.73 Å². The van der Waals surface area contributed by atoms with Crippen LogP contribution in [0.25, 0.3) is 0 Å². The zero-order valence-corrected chi connectivity index (χ0v) is 12.2. The second-order valence-electron chi connectivity index (χ2n) is 5.84. The fourth-order valence-electron chi connectivity index (χ4n) is 3.22. The van der Waals surface area contributed by atoms with E-state index >= 15 is 0 Å². The quantitative estimate of drug-likeness (QED) is 0.904. The molecule has 0 aromatic heterocycles. The third kappa shape index (κ3) is 2.98. The Balaban J connectivity index is 2.13. The molecule has 1 aromatic carbocycles. The molecule has 3 unspecified atom stereocenters. The average molecular weight is 264 g/mol.